The molecular formula is C14H10F3NO2. The standard InChI is InChI=1S/C14H10F3NO2/c1-9-8-11(2-3-12(9)20-14(15,16)17)13(19)10-4-6-18-7-5-10/h2-8H,1H3. The van der Waals surface area contributed by atoms with Crippen LogP contribution in [0.3, 0.4) is 0 Å². The molecule has 0 amide bonds. The van der Waals surface area contributed by atoms with E-state index >= 15 is 0 Å². The SMILES string of the molecule is Cc1cc(C(=O)c2ccncc2)ccc1OC(F)(F)F. The fourth-order valence-corrected chi connectivity index (χ4v) is 1.70. The lowest BCUT2D eigenvalue weighted by Gasteiger charge is -2.12. The highest BCUT2D eigenvalue weighted by molar-refractivity contribution is 6.09. The number of aromatic nitrogens is 1. The number of pyridine rings is 1. The molecular weight excluding hydrogens is 271 g/mol. The smallest absolute Gasteiger partial charge is 0.406 e. The van der Waals surface area contributed by atoms with E-state index in [1.807, 2.05) is 0 Å². The molecule has 0 saturated heterocycles. The summed E-state index contributed by atoms with van der Waals surface area (Å²) in [5.74, 6) is -0.599. The molecule has 0 bridgehead atoms. The second-order valence-electron chi connectivity index (χ2n) is 4.09. The first-order valence-corrected chi connectivity index (χ1v) is 5.68. The van der Waals surface area contributed by atoms with Crippen molar-refractivity contribution in [1.82, 2.24) is 4.98 Å². The molecule has 2 rings (SSSR count). The maximum Gasteiger partial charge on any atom is 0.573 e. The summed E-state index contributed by atoms with van der Waals surface area (Å²) in [6.07, 6.45) is -1.80. The summed E-state index contributed by atoms with van der Waals surface area (Å²) in [5, 5.41) is 0. The quantitative estimate of drug-likeness (QED) is 0.808. The van der Waals surface area contributed by atoms with Crippen LogP contribution in [-0.4, -0.2) is 17.1 Å². The Kier molecular flexibility index (Phi) is 3.74. The van der Waals surface area contributed by atoms with Crippen molar-refractivity contribution < 1.29 is 22.7 Å². The molecule has 0 radical (unpaired) electrons. The van der Waals surface area contributed by atoms with Crippen molar-refractivity contribution in [1.29, 1.82) is 0 Å². The molecule has 2 aromatic rings. The number of ketones is 1. The minimum Gasteiger partial charge on any atom is -0.406 e. The van der Waals surface area contributed by atoms with Gasteiger partial charge in [0, 0.05) is 23.5 Å². The molecule has 0 aliphatic rings. The van der Waals surface area contributed by atoms with Gasteiger partial charge in [-0.25, -0.2) is 0 Å². The molecule has 20 heavy (non-hydrogen) atoms. The first-order chi connectivity index (χ1) is 9.37. The van der Waals surface area contributed by atoms with Gasteiger partial charge in [0.2, 0.25) is 0 Å². The molecule has 0 aliphatic carbocycles. The molecule has 0 aliphatic heterocycles. The first-order valence-electron chi connectivity index (χ1n) is 5.68. The average molecular weight is 281 g/mol. The predicted molar refractivity (Wildman–Crippen MR) is 65.5 cm³/mol. The van der Waals surface area contributed by atoms with Gasteiger partial charge in [-0.15, -0.1) is 13.2 Å². The van der Waals surface area contributed by atoms with Crippen LogP contribution in [0.25, 0.3) is 0 Å². The number of nitrogens with zero attached hydrogens (tertiary/aromatic N) is 1. The topological polar surface area (TPSA) is 39.2 Å². The van der Waals surface area contributed by atoms with Crippen molar-refractivity contribution in [2.45, 2.75) is 13.3 Å². The Morgan fingerprint density at radius 3 is 2.30 bits per heavy atom. The molecule has 104 valence electrons. The number of ether oxygens (including phenoxy) is 1. The number of alkyl halides is 3. The molecule has 0 unspecified atom stereocenters. The summed E-state index contributed by atoms with van der Waals surface area (Å²) in [6.45, 7) is 1.45. The molecule has 1 aromatic carbocycles. The third-order valence-corrected chi connectivity index (χ3v) is 2.61. The Morgan fingerprint density at radius 1 is 1.10 bits per heavy atom. The Bertz CT molecular complexity index is 624. The summed E-state index contributed by atoms with van der Waals surface area (Å²) in [4.78, 5) is 15.9. The number of carbonyl (C=O) groups is 1. The van der Waals surface area contributed by atoms with E-state index in [1.165, 1.54) is 43.6 Å². The number of halogens is 3. The highest BCUT2D eigenvalue weighted by atomic mass is 19.4. The molecule has 0 fully saturated rings. The van der Waals surface area contributed by atoms with Gasteiger partial charge in [0.15, 0.2) is 5.78 Å². The van der Waals surface area contributed by atoms with E-state index in [0.717, 1.165) is 6.07 Å². The number of hydrogen-bond donors (Lipinski definition) is 0. The number of rotatable bonds is 3. The normalized spacial score (nSPS) is 11.2. The van der Waals surface area contributed by atoms with Crippen LogP contribution in [0.15, 0.2) is 42.7 Å². The number of aryl methyl sites for hydroxylation is 1. The van der Waals surface area contributed by atoms with E-state index in [-0.39, 0.29) is 17.1 Å². The summed E-state index contributed by atoms with van der Waals surface area (Å²) in [5.41, 5.74) is 0.953. The van der Waals surface area contributed by atoms with Crippen molar-refractivity contribution in [2.75, 3.05) is 0 Å². The monoisotopic (exact) mass is 281 g/mol. The zero-order valence-electron chi connectivity index (χ0n) is 10.4. The molecule has 1 aromatic heterocycles. The summed E-state index contributed by atoms with van der Waals surface area (Å²) >= 11 is 0. The van der Waals surface area contributed by atoms with Crippen LogP contribution in [0.4, 0.5) is 13.2 Å². The predicted octanol–water partition coefficient (Wildman–Crippen LogP) is 3.52. The van der Waals surface area contributed by atoms with Crippen LogP contribution in [-0.2, 0) is 0 Å². The van der Waals surface area contributed by atoms with Gasteiger partial charge < -0.3 is 4.74 Å². The summed E-state index contributed by atoms with van der Waals surface area (Å²) in [7, 11) is 0. The fraction of sp³-hybridized carbons (Fsp3) is 0.143. The lowest BCUT2D eigenvalue weighted by Crippen LogP contribution is -2.18. The van der Waals surface area contributed by atoms with Crippen LogP contribution < -0.4 is 4.74 Å². The number of carbonyl (C=O) groups excluding carboxylic acids is 1. The average Bonchev–Trinajstić information content (AvgIpc) is 2.40. The van der Waals surface area contributed by atoms with Gasteiger partial charge in [0.05, 0.1) is 0 Å². The first kappa shape index (κ1) is 14.0. The zero-order chi connectivity index (χ0) is 14.8. The van der Waals surface area contributed by atoms with Crippen LogP contribution in [0.5, 0.6) is 5.75 Å². The summed E-state index contributed by atoms with van der Waals surface area (Å²) in [6, 6.07) is 6.88. The van der Waals surface area contributed by atoms with Crippen LogP contribution in [0, 0.1) is 6.92 Å². The van der Waals surface area contributed by atoms with Gasteiger partial charge in [-0.1, -0.05) is 0 Å². The lowest BCUT2D eigenvalue weighted by molar-refractivity contribution is -0.274. The van der Waals surface area contributed by atoms with E-state index < -0.39 is 6.36 Å². The van der Waals surface area contributed by atoms with Crippen molar-refractivity contribution in [2.24, 2.45) is 0 Å². The van der Waals surface area contributed by atoms with Crippen molar-refractivity contribution in [3.8, 4) is 5.75 Å². The number of benzene rings is 1. The molecule has 1 heterocycles. The van der Waals surface area contributed by atoms with Gasteiger partial charge in [0.25, 0.3) is 0 Å². The highest BCUT2D eigenvalue weighted by Gasteiger charge is 2.31. The van der Waals surface area contributed by atoms with E-state index in [4.69, 9.17) is 0 Å². The summed E-state index contributed by atoms with van der Waals surface area (Å²) < 4.78 is 40.3. The minimum atomic E-state index is -4.75. The Balaban J connectivity index is 2.28. The Labute approximate surface area is 113 Å². The third-order valence-electron chi connectivity index (χ3n) is 2.61. The van der Waals surface area contributed by atoms with Crippen LogP contribution in [0.1, 0.15) is 21.5 Å². The minimum absolute atomic E-state index is 0.238. The third kappa shape index (κ3) is 3.34. The van der Waals surface area contributed by atoms with Crippen molar-refractivity contribution >= 4 is 5.78 Å². The van der Waals surface area contributed by atoms with E-state index in [2.05, 4.69) is 9.72 Å². The van der Waals surface area contributed by atoms with E-state index in [9.17, 15) is 18.0 Å². The van der Waals surface area contributed by atoms with Crippen LogP contribution >= 0.6 is 0 Å². The van der Waals surface area contributed by atoms with E-state index in [1.54, 1.807) is 0 Å². The second-order valence-corrected chi connectivity index (χ2v) is 4.09. The molecule has 0 atom stereocenters. The van der Waals surface area contributed by atoms with Gasteiger partial charge in [0.1, 0.15) is 5.75 Å². The second kappa shape index (κ2) is 5.32. The lowest BCUT2D eigenvalue weighted by atomic mass is 10.0. The molecule has 3 nitrogen and oxygen atoms in total. The van der Waals surface area contributed by atoms with Gasteiger partial charge in [-0.05, 0) is 42.8 Å². The molecule has 0 spiro atoms. The molecule has 6 heteroatoms. The maximum absolute atomic E-state index is 12.1. The number of hydrogen-bond acceptors (Lipinski definition) is 3. The fourth-order valence-electron chi connectivity index (χ4n) is 1.70. The Hall–Kier alpha value is -2.37. The largest absolute Gasteiger partial charge is 0.573 e. The Morgan fingerprint density at radius 2 is 1.75 bits per heavy atom. The maximum atomic E-state index is 12.1. The molecule has 0 saturated carbocycles. The highest BCUT2D eigenvalue weighted by Crippen LogP contribution is 2.27. The van der Waals surface area contributed by atoms with Crippen molar-refractivity contribution in [3.63, 3.8) is 0 Å². The van der Waals surface area contributed by atoms with Gasteiger partial charge in [-0.2, -0.15) is 0 Å². The van der Waals surface area contributed by atoms with Crippen molar-refractivity contribution in [3.05, 3.63) is 59.4 Å². The van der Waals surface area contributed by atoms with Crippen LogP contribution in [0.2, 0.25) is 0 Å². The van der Waals surface area contributed by atoms with E-state index in [0.29, 0.717) is 11.1 Å². The van der Waals surface area contributed by atoms with Gasteiger partial charge >= 0.3 is 6.36 Å². The molecule has 0 N–H and O–H groups in total. The van der Waals surface area contributed by atoms with Gasteiger partial charge in [-0.3, -0.25) is 9.78 Å². The zero-order valence-corrected chi connectivity index (χ0v) is 10.4.